The number of hydrogen-bond acceptors (Lipinski definition) is 1. The van der Waals surface area contributed by atoms with Gasteiger partial charge >= 0.3 is 0 Å². The highest BCUT2D eigenvalue weighted by Crippen LogP contribution is 2.25. The molecule has 1 N–H and O–H groups in total. The summed E-state index contributed by atoms with van der Waals surface area (Å²) in [4.78, 5) is 0. The van der Waals surface area contributed by atoms with Gasteiger partial charge in [0.15, 0.2) is 0 Å². The Labute approximate surface area is 58.5 Å². The second-order valence-electron chi connectivity index (χ2n) is 2.82. The van der Waals surface area contributed by atoms with Gasteiger partial charge in [0.25, 0.3) is 0 Å². The van der Waals surface area contributed by atoms with Crippen LogP contribution in [0.2, 0.25) is 0 Å². The Kier molecular flexibility index (Phi) is 2.47. The first-order valence-electron chi connectivity index (χ1n) is 4.43. The van der Waals surface area contributed by atoms with Crippen molar-refractivity contribution in [2.24, 2.45) is 5.92 Å². The van der Waals surface area contributed by atoms with Gasteiger partial charge in [-0.1, -0.05) is 32.1 Å². The summed E-state index contributed by atoms with van der Waals surface area (Å²) in [6.07, 6.45) is 5.56. The summed E-state index contributed by atoms with van der Waals surface area (Å²) >= 11 is 0. The summed E-state index contributed by atoms with van der Waals surface area (Å²) in [6, 6.07) is 0. The molecule has 1 heteroatoms. The molecule has 0 aromatic rings. The van der Waals surface area contributed by atoms with Crippen molar-refractivity contribution in [3.63, 3.8) is 0 Å². The maximum atomic E-state index is 8.64. The van der Waals surface area contributed by atoms with Gasteiger partial charge in [-0.25, -0.2) is 0 Å². The molecular formula is C8H16O. The van der Waals surface area contributed by atoms with E-state index in [1.54, 1.807) is 0 Å². The zero-order valence-electron chi connectivity index (χ0n) is 6.84. The van der Waals surface area contributed by atoms with Gasteiger partial charge in [-0.2, -0.15) is 0 Å². The molecule has 1 aliphatic carbocycles. The van der Waals surface area contributed by atoms with Crippen LogP contribution in [0.25, 0.3) is 0 Å². The first kappa shape index (κ1) is 5.72. The monoisotopic (exact) mass is 130 g/mol. The molecule has 0 amide bonds. The van der Waals surface area contributed by atoms with Gasteiger partial charge in [-0.3, -0.25) is 0 Å². The van der Waals surface area contributed by atoms with E-state index in [1.165, 1.54) is 0 Å². The summed E-state index contributed by atoms with van der Waals surface area (Å²) < 4.78 is 7.43. The Morgan fingerprint density at radius 2 is 2.11 bits per heavy atom. The third-order valence-electron chi connectivity index (χ3n) is 2.10. The topological polar surface area (TPSA) is 20.2 Å². The van der Waals surface area contributed by atoms with Crippen LogP contribution in [0.4, 0.5) is 0 Å². The molecule has 0 unspecified atom stereocenters. The maximum absolute atomic E-state index is 8.64. The summed E-state index contributed by atoms with van der Waals surface area (Å²) in [5.74, 6) is 0.714. The Morgan fingerprint density at radius 1 is 1.44 bits per heavy atom. The average molecular weight is 130 g/mol. The molecular weight excluding hydrogens is 112 g/mol. The lowest BCUT2D eigenvalue weighted by Crippen LogP contribution is -2.07. The largest absolute Gasteiger partial charge is 0.396 e. The lowest BCUT2D eigenvalue weighted by atomic mass is 9.87. The highest BCUT2D eigenvalue weighted by Gasteiger charge is 2.11. The van der Waals surface area contributed by atoms with Gasteiger partial charge in [0.2, 0.25) is 0 Å². The van der Waals surface area contributed by atoms with E-state index in [1.807, 2.05) is 0 Å². The van der Waals surface area contributed by atoms with Crippen molar-refractivity contribution in [1.82, 2.24) is 0 Å². The Morgan fingerprint density at radius 3 is 2.67 bits per heavy atom. The summed E-state index contributed by atoms with van der Waals surface area (Å²) in [6.45, 7) is 0.327. The second kappa shape index (κ2) is 3.89. The van der Waals surface area contributed by atoms with Crippen LogP contribution in [0.5, 0.6) is 0 Å². The van der Waals surface area contributed by atoms with Gasteiger partial charge < -0.3 is 5.11 Å². The van der Waals surface area contributed by atoms with E-state index in [-0.39, 0.29) is 6.40 Å². The van der Waals surface area contributed by atoms with Crippen LogP contribution < -0.4 is 0 Å². The first-order chi connectivity index (χ1) is 4.83. The third kappa shape index (κ3) is 2.35. The van der Waals surface area contributed by atoms with E-state index in [2.05, 4.69) is 0 Å². The molecule has 0 bridgehead atoms. The third-order valence-corrected chi connectivity index (χ3v) is 2.10. The van der Waals surface area contributed by atoms with Gasteiger partial charge in [0, 0.05) is 7.98 Å². The summed E-state index contributed by atoms with van der Waals surface area (Å²) in [5.41, 5.74) is 0. The van der Waals surface area contributed by atoms with Gasteiger partial charge in [0.05, 0.1) is 0 Å². The Hall–Kier alpha value is -0.0400. The zero-order chi connectivity index (χ0) is 7.40. The first-order valence-corrected chi connectivity index (χ1v) is 3.86. The van der Waals surface area contributed by atoms with Crippen molar-refractivity contribution in [3.05, 3.63) is 0 Å². The van der Waals surface area contributed by atoms with Crippen LogP contribution in [0, 0.1) is 5.92 Å². The van der Waals surface area contributed by atoms with Crippen molar-refractivity contribution in [3.8, 4) is 0 Å². The van der Waals surface area contributed by atoms with E-state index in [9.17, 15) is 0 Å². The molecule has 0 saturated heterocycles. The molecule has 1 aliphatic rings. The van der Waals surface area contributed by atoms with Crippen LogP contribution in [0.15, 0.2) is 0 Å². The van der Waals surface area contributed by atoms with Crippen molar-refractivity contribution >= 4 is 0 Å². The van der Waals surface area contributed by atoms with Crippen LogP contribution in [-0.4, -0.2) is 11.7 Å². The molecule has 0 aromatic heterocycles. The molecule has 0 aliphatic heterocycles. The Bertz CT molecular complexity index is 87.3. The van der Waals surface area contributed by atoms with E-state index in [0.29, 0.717) is 12.5 Å². The minimum absolute atomic E-state index is 0.190. The van der Waals surface area contributed by atoms with Crippen LogP contribution in [0.1, 0.15) is 39.9 Å². The van der Waals surface area contributed by atoms with Gasteiger partial charge in [0.1, 0.15) is 0 Å². The zero-order valence-corrected chi connectivity index (χ0v) is 5.84. The molecule has 1 saturated carbocycles. The number of rotatable bonds is 2. The van der Waals surface area contributed by atoms with Crippen LogP contribution >= 0.6 is 0 Å². The van der Waals surface area contributed by atoms with Crippen molar-refractivity contribution < 1.29 is 6.48 Å². The molecule has 9 heavy (non-hydrogen) atoms. The molecule has 54 valence electrons. The second-order valence-corrected chi connectivity index (χ2v) is 2.82. The molecule has 0 spiro atoms. The van der Waals surface area contributed by atoms with E-state index >= 15 is 0 Å². The van der Waals surface area contributed by atoms with Crippen molar-refractivity contribution in [1.29, 1.82) is 0 Å². The smallest absolute Gasteiger partial charge is 0.0433 e. The lowest BCUT2D eigenvalue weighted by Gasteiger charge is -2.19. The van der Waals surface area contributed by atoms with E-state index in [0.717, 1.165) is 32.1 Å². The predicted molar refractivity (Wildman–Crippen MR) is 38.3 cm³/mol. The van der Waals surface area contributed by atoms with Crippen molar-refractivity contribution in [2.75, 3.05) is 6.61 Å². The fourth-order valence-electron chi connectivity index (χ4n) is 1.47. The summed E-state index contributed by atoms with van der Waals surface area (Å²) in [7, 11) is 0. The molecule has 1 fully saturated rings. The minimum Gasteiger partial charge on any atom is -0.396 e. The minimum atomic E-state index is 0.190. The van der Waals surface area contributed by atoms with Crippen LogP contribution in [-0.2, 0) is 0 Å². The highest BCUT2D eigenvalue weighted by atomic mass is 16.3. The normalized spacial score (nSPS) is 38.1. The fourth-order valence-corrected chi connectivity index (χ4v) is 1.47. The van der Waals surface area contributed by atoms with E-state index < -0.39 is 0 Å². The van der Waals surface area contributed by atoms with Crippen LogP contribution in [0.3, 0.4) is 0 Å². The number of aliphatic hydroxyl groups is 1. The molecule has 0 atom stereocenters. The standard InChI is InChI=1S/C8H16O/c9-7-6-8-4-2-1-3-5-8/h8-9H,1-7H2/i1T. The molecule has 1 rings (SSSR count). The molecule has 0 heterocycles. The molecule has 0 aromatic carbocycles. The van der Waals surface area contributed by atoms with Crippen molar-refractivity contribution in [2.45, 2.75) is 38.5 Å². The Balaban J connectivity index is 2.13. The van der Waals surface area contributed by atoms with E-state index in [4.69, 9.17) is 6.48 Å². The maximum Gasteiger partial charge on any atom is 0.0433 e. The SMILES string of the molecule is [3H]C1CCC(CCO)CC1. The number of aliphatic hydroxyl groups excluding tert-OH is 1. The predicted octanol–water partition coefficient (Wildman–Crippen LogP) is 1.95. The summed E-state index contributed by atoms with van der Waals surface area (Å²) in [5, 5.41) is 8.64. The lowest BCUT2D eigenvalue weighted by molar-refractivity contribution is 0.230. The highest BCUT2D eigenvalue weighted by molar-refractivity contribution is 4.64. The molecule has 0 radical (unpaired) electrons. The average Bonchev–Trinajstić information content (AvgIpc) is 1.95. The van der Waals surface area contributed by atoms with Gasteiger partial charge in [-0.05, 0) is 12.3 Å². The molecule has 1 nitrogen and oxygen atoms in total. The van der Waals surface area contributed by atoms with Gasteiger partial charge in [-0.15, -0.1) is 0 Å². The fraction of sp³-hybridized carbons (Fsp3) is 1.00. The number of hydrogen-bond donors (Lipinski definition) is 1. The quantitative estimate of drug-likeness (QED) is 0.605.